The van der Waals surface area contributed by atoms with Gasteiger partial charge in [0.1, 0.15) is 0 Å². The summed E-state index contributed by atoms with van der Waals surface area (Å²) in [6.45, 7) is 3.74. The van der Waals surface area contributed by atoms with Crippen LogP contribution in [0, 0.1) is 13.8 Å². The Balaban J connectivity index is 2.19. The zero-order chi connectivity index (χ0) is 12.4. The molecule has 1 aromatic heterocycles. The predicted octanol–water partition coefficient (Wildman–Crippen LogP) is 2.73. The molecule has 0 fully saturated rings. The highest BCUT2D eigenvalue weighted by Gasteiger charge is 2.12. The molecule has 0 atom stereocenters. The van der Waals surface area contributed by atoms with E-state index in [1.165, 1.54) is 6.26 Å². The number of nitrogen functional groups attached to an aromatic ring is 1. The van der Waals surface area contributed by atoms with Crippen LogP contribution < -0.4 is 11.1 Å². The molecule has 0 aliphatic carbocycles. The number of aryl methyl sites for hydroxylation is 2. The molecule has 0 spiro atoms. The Bertz CT molecular complexity index is 558. The van der Waals surface area contributed by atoms with E-state index in [1.54, 1.807) is 12.1 Å². The van der Waals surface area contributed by atoms with E-state index in [9.17, 15) is 4.79 Å². The van der Waals surface area contributed by atoms with Gasteiger partial charge in [-0.25, -0.2) is 0 Å². The summed E-state index contributed by atoms with van der Waals surface area (Å²) in [6.07, 6.45) is 1.49. The van der Waals surface area contributed by atoms with Crippen LogP contribution >= 0.6 is 0 Å². The second-order valence-corrected chi connectivity index (χ2v) is 3.96. The van der Waals surface area contributed by atoms with Crippen molar-refractivity contribution in [3.8, 4) is 0 Å². The molecule has 0 aliphatic rings. The van der Waals surface area contributed by atoms with Gasteiger partial charge in [-0.1, -0.05) is 6.07 Å². The van der Waals surface area contributed by atoms with Crippen LogP contribution in [0.15, 0.2) is 34.9 Å². The second-order valence-electron chi connectivity index (χ2n) is 3.96. The van der Waals surface area contributed by atoms with Crippen LogP contribution in [-0.2, 0) is 0 Å². The quantitative estimate of drug-likeness (QED) is 0.779. The third-order valence-corrected chi connectivity index (χ3v) is 2.61. The average Bonchev–Trinajstić information content (AvgIpc) is 2.70. The van der Waals surface area contributed by atoms with Crippen molar-refractivity contribution >= 4 is 17.3 Å². The average molecular weight is 230 g/mol. The van der Waals surface area contributed by atoms with Crippen molar-refractivity contribution < 1.29 is 9.21 Å². The molecule has 17 heavy (non-hydrogen) atoms. The summed E-state index contributed by atoms with van der Waals surface area (Å²) in [6, 6.07) is 7.14. The molecule has 0 unspecified atom stereocenters. The molecule has 1 heterocycles. The Morgan fingerprint density at radius 3 is 2.59 bits per heavy atom. The minimum absolute atomic E-state index is 0.268. The number of hydrogen-bond donors (Lipinski definition) is 2. The molecule has 1 amide bonds. The number of nitrogens with one attached hydrogen (secondary N) is 1. The Labute approximate surface area is 99.4 Å². The zero-order valence-corrected chi connectivity index (χ0v) is 9.78. The van der Waals surface area contributed by atoms with E-state index in [0.717, 1.165) is 11.1 Å². The lowest BCUT2D eigenvalue weighted by Gasteiger charge is -2.06. The molecule has 2 aromatic rings. The van der Waals surface area contributed by atoms with E-state index in [1.807, 2.05) is 26.0 Å². The zero-order valence-electron chi connectivity index (χ0n) is 9.78. The molecule has 0 saturated heterocycles. The molecule has 0 saturated carbocycles. The minimum atomic E-state index is -0.268. The van der Waals surface area contributed by atoms with Crippen molar-refractivity contribution in [2.24, 2.45) is 0 Å². The van der Waals surface area contributed by atoms with Crippen LogP contribution in [-0.4, -0.2) is 5.91 Å². The monoisotopic (exact) mass is 230 g/mol. The topological polar surface area (TPSA) is 68.3 Å². The van der Waals surface area contributed by atoms with Crippen LogP contribution in [0.25, 0.3) is 0 Å². The number of furan rings is 1. The molecule has 4 nitrogen and oxygen atoms in total. The van der Waals surface area contributed by atoms with Gasteiger partial charge in [0, 0.05) is 16.9 Å². The molecule has 4 heteroatoms. The van der Waals surface area contributed by atoms with Crippen molar-refractivity contribution in [2.45, 2.75) is 13.8 Å². The summed E-state index contributed by atoms with van der Waals surface area (Å²) in [5.41, 5.74) is 8.87. The van der Waals surface area contributed by atoms with E-state index in [-0.39, 0.29) is 5.91 Å². The lowest BCUT2D eigenvalue weighted by Crippen LogP contribution is -2.12. The number of benzene rings is 1. The molecule has 0 bridgehead atoms. The van der Waals surface area contributed by atoms with Gasteiger partial charge < -0.3 is 15.5 Å². The predicted molar refractivity (Wildman–Crippen MR) is 67.0 cm³/mol. The van der Waals surface area contributed by atoms with Gasteiger partial charge in [-0.3, -0.25) is 4.79 Å². The SMILES string of the molecule is Cc1ccc(NC(=O)c2occc2C)cc1N. The number of hydrogen-bond acceptors (Lipinski definition) is 3. The van der Waals surface area contributed by atoms with Crippen molar-refractivity contribution in [2.75, 3.05) is 11.1 Å². The Morgan fingerprint density at radius 2 is 2.00 bits per heavy atom. The first-order chi connectivity index (χ1) is 8.08. The van der Waals surface area contributed by atoms with Gasteiger partial charge in [-0.2, -0.15) is 0 Å². The van der Waals surface area contributed by atoms with E-state index in [0.29, 0.717) is 17.1 Å². The van der Waals surface area contributed by atoms with Crippen molar-refractivity contribution in [1.82, 2.24) is 0 Å². The van der Waals surface area contributed by atoms with Gasteiger partial charge in [0.25, 0.3) is 5.91 Å². The molecule has 1 aromatic carbocycles. The molecule has 0 aliphatic heterocycles. The van der Waals surface area contributed by atoms with Crippen LogP contribution in [0.2, 0.25) is 0 Å². The van der Waals surface area contributed by atoms with Gasteiger partial charge in [0.05, 0.1) is 6.26 Å². The second kappa shape index (κ2) is 4.33. The number of nitrogens with two attached hydrogens (primary N) is 1. The maximum absolute atomic E-state index is 11.8. The van der Waals surface area contributed by atoms with Crippen LogP contribution in [0.4, 0.5) is 11.4 Å². The lowest BCUT2D eigenvalue weighted by atomic mass is 10.2. The van der Waals surface area contributed by atoms with Crippen LogP contribution in [0.3, 0.4) is 0 Å². The first-order valence-electron chi connectivity index (χ1n) is 5.29. The Kier molecular flexibility index (Phi) is 2.87. The fraction of sp³-hybridized carbons (Fsp3) is 0.154. The highest BCUT2D eigenvalue weighted by molar-refractivity contribution is 6.03. The van der Waals surface area contributed by atoms with Crippen LogP contribution in [0.5, 0.6) is 0 Å². The van der Waals surface area contributed by atoms with E-state index >= 15 is 0 Å². The molecule has 0 radical (unpaired) electrons. The van der Waals surface area contributed by atoms with Gasteiger partial charge in [0.15, 0.2) is 5.76 Å². The number of carbonyl (C=O) groups excluding carboxylic acids is 1. The summed E-state index contributed by atoms with van der Waals surface area (Å²) in [7, 11) is 0. The fourth-order valence-electron chi connectivity index (χ4n) is 1.51. The largest absolute Gasteiger partial charge is 0.459 e. The van der Waals surface area contributed by atoms with Crippen molar-refractivity contribution in [3.05, 3.63) is 47.4 Å². The molecular formula is C13H14N2O2. The summed E-state index contributed by atoms with van der Waals surface area (Å²) in [5, 5.41) is 2.74. The van der Waals surface area contributed by atoms with Gasteiger partial charge in [-0.05, 0) is 37.6 Å². The highest BCUT2D eigenvalue weighted by Crippen LogP contribution is 2.18. The number of amides is 1. The van der Waals surface area contributed by atoms with E-state index in [2.05, 4.69) is 5.32 Å². The number of carbonyl (C=O) groups is 1. The third kappa shape index (κ3) is 2.30. The molecule has 2 rings (SSSR count). The summed E-state index contributed by atoms with van der Waals surface area (Å²) < 4.78 is 5.11. The van der Waals surface area contributed by atoms with Gasteiger partial charge in [0.2, 0.25) is 0 Å². The molecule has 3 N–H and O–H groups in total. The van der Waals surface area contributed by atoms with E-state index in [4.69, 9.17) is 10.2 Å². The number of rotatable bonds is 2. The summed E-state index contributed by atoms with van der Waals surface area (Å²) in [4.78, 5) is 11.8. The maximum Gasteiger partial charge on any atom is 0.291 e. The standard InChI is InChI=1S/C13H14N2O2/c1-8-3-4-10(7-11(8)14)15-13(16)12-9(2)5-6-17-12/h3-7H,14H2,1-2H3,(H,15,16). The normalized spacial score (nSPS) is 10.2. The van der Waals surface area contributed by atoms with Gasteiger partial charge in [-0.15, -0.1) is 0 Å². The highest BCUT2D eigenvalue weighted by atomic mass is 16.3. The van der Waals surface area contributed by atoms with E-state index < -0.39 is 0 Å². The fourth-order valence-corrected chi connectivity index (χ4v) is 1.51. The first kappa shape index (κ1) is 11.3. The van der Waals surface area contributed by atoms with Crippen molar-refractivity contribution in [1.29, 1.82) is 0 Å². The third-order valence-electron chi connectivity index (χ3n) is 2.61. The number of anilines is 2. The first-order valence-corrected chi connectivity index (χ1v) is 5.29. The summed E-state index contributed by atoms with van der Waals surface area (Å²) in [5.74, 6) is 0.0555. The molecule has 88 valence electrons. The lowest BCUT2D eigenvalue weighted by molar-refractivity contribution is 0.0996. The maximum atomic E-state index is 11.8. The Hall–Kier alpha value is -2.23. The van der Waals surface area contributed by atoms with Gasteiger partial charge >= 0.3 is 0 Å². The minimum Gasteiger partial charge on any atom is -0.459 e. The van der Waals surface area contributed by atoms with Crippen LogP contribution in [0.1, 0.15) is 21.7 Å². The van der Waals surface area contributed by atoms with Crippen molar-refractivity contribution in [3.63, 3.8) is 0 Å². The smallest absolute Gasteiger partial charge is 0.291 e. The Morgan fingerprint density at radius 1 is 1.24 bits per heavy atom. The molecular weight excluding hydrogens is 216 g/mol. The summed E-state index contributed by atoms with van der Waals surface area (Å²) >= 11 is 0.